The number of alkyl halides is 1. The highest BCUT2D eigenvalue weighted by molar-refractivity contribution is 7.87. The van der Waals surface area contributed by atoms with E-state index in [0.717, 1.165) is 5.56 Å². The van der Waals surface area contributed by atoms with Gasteiger partial charge < -0.3 is 14.2 Å². The number of aliphatic hydroxyl groups excluding tert-OH is 1. The van der Waals surface area contributed by atoms with Crippen LogP contribution in [0.25, 0.3) is 0 Å². The second kappa shape index (κ2) is 10.6. The van der Waals surface area contributed by atoms with Gasteiger partial charge in [-0.3, -0.25) is 4.79 Å². The molecule has 8 heteroatoms. The van der Waals surface area contributed by atoms with Gasteiger partial charge in [-0.25, -0.2) is 0 Å². The molecule has 0 unspecified atom stereocenters. The van der Waals surface area contributed by atoms with E-state index >= 15 is 0 Å². The van der Waals surface area contributed by atoms with Gasteiger partial charge in [-0.1, -0.05) is 60.7 Å². The summed E-state index contributed by atoms with van der Waals surface area (Å²) in [7, 11) is -3.95. The maximum Gasteiger partial charge on any atom is 0.339 e. The van der Waals surface area contributed by atoms with Crippen LogP contribution in [-0.4, -0.2) is 36.8 Å². The first-order valence-corrected chi connectivity index (χ1v) is 11.9. The summed E-state index contributed by atoms with van der Waals surface area (Å²) < 4.78 is 29.9. The molecule has 0 fully saturated rings. The van der Waals surface area contributed by atoms with Crippen LogP contribution >= 0.6 is 11.6 Å². The summed E-state index contributed by atoms with van der Waals surface area (Å²) in [5, 5.41) is 10.7. The Morgan fingerprint density at radius 2 is 1.50 bits per heavy atom. The fraction of sp³-hybridized carbons (Fsp3) is 0.208. The van der Waals surface area contributed by atoms with Gasteiger partial charge in [0.1, 0.15) is 16.5 Å². The Labute approximate surface area is 193 Å². The van der Waals surface area contributed by atoms with Crippen molar-refractivity contribution in [2.75, 3.05) is 12.4 Å². The lowest BCUT2D eigenvalue weighted by Crippen LogP contribution is -2.37. The number of benzene rings is 3. The van der Waals surface area contributed by atoms with Crippen LogP contribution in [0, 0.1) is 0 Å². The molecule has 0 bridgehead atoms. The molecule has 3 aromatic rings. The third-order valence-electron chi connectivity index (χ3n) is 5.06. The quantitative estimate of drug-likeness (QED) is 0.369. The average molecular weight is 474 g/mol. The number of rotatable bonds is 9. The number of amides is 1. The Morgan fingerprint density at radius 3 is 2.06 bits per heavy atom. The molecule has 3 aromatic carbocycles. The van der Waals surface area contributed by atoms with Crippen molar-refractivity contribution >= 4 is 27.6 Å². The third-order valence-corrected chi connectivity index (χ3v) is 6.55. The maximum atomic E-state index is 12.4. The minimum Gasteiger partial charge on any atom is -0.387 e. The average Bonchev–Trinajstić information content (AvgIpc) is 2.83. The summed E-state index contributed by atoms with van der Waals surface area (Å²) in [6.07, 6.45) is -0.992. The predicted octanol–water partition coefficient (Wildman–Crippen LogP) is 4.32. The van der Waals surface area contributed by atoms with Crippen LogP contribution in [0.15, 0.2) is 89.8 Å². The number of nitrogens with zero attached hydrogens (tertiary/aromatic N) is 1. The minimum atomic E-state index is -3.95. The van der Waals surface area contributed by atoms with Crippen LogP contribution in [0.4, 0.5) is 0 Å². The second-order valence-electron chi connectivity index (χ2n) is 7.20. The lowest BCUT2D eigenvalue weighted by Gasteiger charge is -2.31. The van der Waals surface area contributed by atoms with Crippen LogP contribution in [0.1, 0.15) is 30.2 Å². The zero-order valence-electron chi connectivity index (χ0n) is 17.5. The Hall–Kier alpha value is -2.87. The molecule has 6 nitrogen and oxygen atoms in total. The summed E-state index contributed by atoms with van der Waals surface area (Å²) in [5.41, 5.74) is 1.44. The first-order valence-electron chi connectivity index (χ1n) is 10.00. The fourth-order valence-corrected chi connectivity index (χ4v) is 4.37. The molecule has 0 heterocycles. The van der Waals surface area contributed by atoms with Crippen LogP contribution in [0.2, 0.25) is 0 Å². The summed E-state index contributed by atoms with van der Waals surface area (Å²) in [4.78, 5) is 14.0. The lowest BCUT2D eigenvalue weighted by molar-refractivity contribution is -0.132. The topological polar surface area (TPSA) is 83.9 Å². The van der Waals surface area contributed by atoms with E-state index in [0.29, 0.717) is 5.56 Å². The highest BCUT2D eigenvalue weighted by Gasteiger charge is 2.24. The smallest absolute Gasteiger partial charge is 0.339 e. The molecule has 0 radical (unpaired) electrons. The summed E-state index contributed by atoms with van der Waals surface area (Å²) in [6, 6.07) is 23.1. The standard InChI is InChI=1S/C24H24ClNO5S/c1-18(19-8-4-2-5-9-19)26(24(28)16-25)17-23(27)20-12-14-21(15-13-20)31-32(29,30)22-10-6-3-7-11-22/h2-15,18,23,27H,16-17H2,1H3/t18-,23+/m1/s1. The van der Waals surface area contributed by atoms with Gasteiger partial charge >= 0.3 is 10.1 Å². The monoisotopic (exact) mass is 473 g/mol. The van der Waals surface area contributed by atoms with E-state index in [1.165, 1.54) is 29.2 Å². The van der Waals surface area contributed by atoms with Gasteiger partial charge in [-0.15, -0.1) is 11.6 Å². The molecule has 0 spiro atoms. The molecule has 0 aliphatic heterocycles. The van der Waals surface area contributed by atoms with Crippen molar-refractivity contribution in [1.29, 1.82) is 0 Å². The van der Waals surface area contributed by atoms with Gasteiger partial charge in [0.15, 0.2) is 0 Å². The molecule has 0 aromatic heterocycles. The molecule has 0 saturated carbocycles. The summed E-state index contributed by atoms with van der Waals surface area (Å²) in [6.45, 7) is 1.90. The highest BCUT2D eigenvalue weighted by Crippen LogP contribution is 2.26. The molecule has 3 rings (SSSR count). The van der Waals surface area contributed by atoms with Gasteiger partial charge in [0.2, 0.25) is 5.91 Å². The zero-order valence-corrected chi connectivity index (χ0v) is 19.0. The van der Waals surface area contributed by atoms with E-state index in [1.54, 1.807) is 30.3 Å². The van der Waals surface area contributed by atoms with Crippen molar-refractivity contribution < 1.29 is 22.5 Å². The predicted molar refractivity (Wildman–Crippen MR) is 123 cm³/mol. The Kier molecular flexibility index (Phi) is 7.90. The first kappa shape index (κ1) is 23.8. The second-order valence-corrected chi connectivity index (χ2v) is 9.02. The van der Waals surface area contributed by atoms with Gasteiger partial charge in [-0.2, -0.15) is 8.42 Å². The van der Waals surface area contributed by atoms with Crippen molar-refractivity contribution in [3.8, 4) is 5.75 Å². The van der Waals surface area contributed by atoms with E-state index < -0.39 is 16.2 Å². The van der Waals surface area contributed by atoms with E-state index in [2.05, 4.69) is 0 Å². The van der Waals surface area contributed by atoms with Crippen molar-refractivity contribution in [1.82, 2.24) is 4.90 Å². The van der Waals surface area contributed by atoms with Gasteiger partial charge in [0.25, 0.3) is 0 Å². The minimum absolute atomic E-state index is 0.0319. The summed E-state index contributed by atoms with van der Waals surface area (Å²) >= 11 is 5.79. The molecule has 168 valence electrons. The van der Waals surface area contributed by atoms with E-state index in [4.69, 9.17) is 15.8 Å². The van der Waals surface area contributed by atoms with Crippen molar-refractivity contribution in [2.24, 2.45) is 0 Å². The van der Waals surface area contributed by atoms with Crippen molar-refractivity contribution in [3.63, 3.8) is 0 Å². The van der Waals surface area contributed by atoms with Crippen molar-refractivity contribution in [3.05, 3.63) is 96.1 Å². The van der Waals surface area contributed by atoms with Gasteiger partial charge in [0, 0.05) is 0 Å². The number of aliphatic hydroxyl groups is 1. The zero-order chi connectivity index (χ0) is 23.1. The number of carbonyl (C=O) groups is 1. The van der Waals surface area contributed by atoms with E-state index in [9.17, 15) is 18.3 Å². The maximum absolute atomic E-state index is 12.4. The van der Waals surface area contributed by atoms with E-state index in [-0.39, 0.29) is 35.0 Å². The van der Waals surface area contributed by atoms with Gasteiger partial charge in [-0.05, 0) is 42.3 Å². The SMILES string of the molecule is C[C@H](c1ccccc1)N(C[C@H](O)c1ccc(OS(=O)(=O)c2ccccc2)cc1)C(=O)CCl. The van der Waals surface area contributed by atoms with Crippen molar-refractivity contribution in [2.45, 2.75) is 24.0 Å². The molecule has 1 amide bonds. The van der Waals surface area contributed by atoms with Gasteiger partial charge in [0.05, 0.1) is 18.7 Å². The Bertz CT molecular complexity index is 1120. The highest BCUT2D eigenvalue weighted by atomic mass is 35.5. The Morgan fingerprint density at radius 1 is 0.938 bits per heavy atom. The molecule has 1 N–H and O–H groups in total. The molecule has 2 atom stereocenters. The van der Waals surface area contributed by atoms with Crippen LogP contribution < -0.4 is 4.18 Å². The first-order chi connectivity index (χ1) is 15.3. The molecule has 0 aliphatic carbocycles. The number of carbonyl (C=O) groups excluding carboxylic acids is 1. The summed E-state index contributed by atoms with van der Waals surface area (Å²) in [5.74, 6) is -0.374. The molecular formula is C24H24ClNO5S. The third kappa shape index (κ3) is 5.88. The molecule has 0 saturated heterocycles. The molecule has 32 heavy (non-hydrogen) atoms. The number of halogens is 1. The van der Waals surface area contributed by atoms with E-state index in [1.807, 2.05) is 37.3 Å². The largest absolute Gasteiger partial charge is 0.387 e. The van der Waals surface area contributed by atoms with Crippen LogP contribution in [0.3, 0.4) is 0 Å². The Balaban J connectivity index is 1.72. The van der Waals surface area contributed by atoms with Crippen LogP contribution in [0.5, 0.6) is 5.75 Å². The lowest BCUT2D eigenvalue weighted by atomic mass is 10.0. The molecular weight excluding hydrogens is 450 g/mol. The molecule has 0 aliphatic rings. The number of hydrogen-bond acceptors (Lipinski definition) is 5. The fourth-order valence-electron chi connectivity index (χ4n) is 3.26. The number of hydrogen-bond donors (Lipinski definition) is 1. The normalized spacial score (nSPS) is 13.2. The van der Waals surface area contributed by atoms with Crippen LogP contribution in [-0.2, 0) is 14.9 Å².